The molecule has 1 fully saturated rings. The maximum atomic E-state index is 9.34. The lowest BCUT2D eigenvalue weighted by molar-refractivity contribution is 0.270. The van der Waals surface area contributed by atoms with Gasteiger partial charge in [-0.15, -0.1) is 0 Å². The second kappa shape index (κ2) is 4.94. The maximum Gasteiger partial charge on any atom is 0.117 e. The monoisotopic (exact) mass is 259 g/mol. The van der Waals surface area contributed by atoms with Crippen LogP contribution in [0.4, 0.5) is 0 Å². The summed E-state index contributed by atoms with van der Waals surface area (Å²) in [6.45, 7) is 1.37. The minimum atomic E-state index is 0.00812. The molecule has 1 aromatic heterocycles. The first-order valence-corrected chi connectivity index (χ1v) is 7.07. The number of rotatable bonds is 4. The molecular weight excluding hydrogens is 238 g/mol. The second-order valence-electron chi connectivity index (χ2n) is 5.49. The van der Waals surface area contributed by atoms with E-state index in [-0.39, 0.29) is 12.0 Å². The SMILES string of the molecule is NCC1(c2nc3ccccc3n2CCO)CCCC1. The second-order valence-corrected chi connectivity index (χ2v) is 5.49. The van der Waals surface area contributed by atoms with Gasteiger partial charge in [0, 0.05) is 18.5 Å². The van der Waals surface area contributed by atoms with Crippen LogP contribution in [0.1, 0.15) is 31.5 Å². The van der Waals surface area contributed by atoms with E-state index in [0.29, 0.717) is 13.1 Å². The molecule has 102 valence electrons. The van der Waals surface area contributed by atoms with E-state index in [9.17, 15) is 5.11 Å². The molecule has 0 spiro atoms. The van der Waals surface area contributed by atoms with Crippen molar-refractivity contribution in [3.8, 4) is 0 Å². The fourth-order valence-corrected chi connectivity index (χ4v) is 3.38. The highest BCUT2D eigenvalue weighted by atomic mass is 16.3. The topological polar surface area (TPSA) is 64.1 Å². The van der Waals surface area contributed by atoms with Crippen molar-refractivity contribution in [3.05, 3.63) is 30.1 Å². The van der Waals surface area contributed by atoms with E-state index < -0.39 is 0 Å². The number of nitrogens with zero attached hydrogens (tertiary/aromatic N) is 2. The van der Waals surface area contributed by atoms with Gasteiger partial charge in [0.1, 0.15) is 5.82 Å². The highest BCUT2D eigenvalue weighted by molar-refractivity contribution is 5.76. The molecule has 0 amide bonds. The van der Waals surface area contributed by atoms with E-state index in [1.165, 1.54) is 12.8 Å². The van der Waals surface area contributed by atoms with Crippen molar-refractivity contribution in [2.24, 2.45) is 5.73 Å². The van der Waals surface area contributed by atoms with Gasteiger partial charge in [-0.25, -0.2) is 4.98 Å². The molecule has 0 saturated heterocycles. The van der Waals surface area contributed by atoms with Crippen LogP contribution < -0.4 is 5.73 Å². The molecule has 4 nitrogen and oxygen atoms in total. The first-order valence-electron chi connectivity index (χ1n) is 7.07. The molecule has 2 aromatic rings. The highest BCUT2D eigenvalue weighted by Crippen LogP contribution is 2.40. The summed E-state index contributed by atoms with van der Waals surface area (Å²) in [6, 6.07) is 8.13. The number of imidazole rings is 1. The summed E-state index contributed by atoms with van der Waals surface area (Å²) in [5, 5.41) is 9.34. The number of hydrogen-bond acceptors (Lipinski definition) is 3. The van der Waals surface area contributed by atoms with Gasteiger partial charge < -0.3 is 15.4 Å². The lowest BCUT2D eigenvalue weighted by Crippen LogP contribution is -2.35. The summed E-state index contributed by atoms with van der Waals surface area (Å²) < 4.78 is 2.16. The van der Waals surface area contributed by atoms with Crippen LogP contribution in [0.5, 0.6) is 0 Å². The average molecular weight is 259 g/mol. The van der Waals surface area contributed by atoms with E-state index in [1.54, 1.807) is 0 Å². The van der Waals surface area contributed by atoms with Crippen LogP contribution in [-0.2, 0) is 12.0 Å². The third-order valence-corrected chi connectivity index (χ3v) is 4.40. The molecule has 0 bridgehead atoms. The highest BCUT2D eigenvalue weighted by Gasteiger charge is 2.38. The number of aromatic nitrogens is 2. The number of aliphatic hydroxyl groups is 1. The number of para-hydroxylation sites is 2. The van der Waals surface area contributed by atoms with E-state index in [0.717, 1.165) is 29.7 Å². The van der Waals surface area contributed by atoms with Crippen molar-refractivity contribution in [3.63, 3.8) is 0 Å². The van der Waals surface area contributed by atoms with Gasteiger partial charge >= 0.3 is 0 Å². The lowest BCUT2D eigenvalue weighted by Gasteiger charge is -2.27. The Balaban J connectivity index is 2.18. The fourth-order valence-electron chi connectivity index (χ4n) is 3.38. The Kier molecular flexibility index (Phi) is 3.29. The van der Waals surface area contributed by atoms with Crippen LogP contribution in [0.15, 0.2) is 24.3 Å². The normalized spacial score (nSPS) is 18.2. The molecule has 1 heterocycles. The molecule has 0 atom stereocenters. The number of aliphatic hydroxyl groups excluding tert-OH is 1. The maximum absolute atomic E-state index is 9.34. The number of fused-ring (bicyclic) bond motifs is 1. The van der Waals surface area contributed by atoms with Crippen molar-refractivity contribution in [2.75, 3.05) is 13.2 Å². The zero-order chi connectivity index (χ0) is 13.3. The van der Waals surface area contributed by atoms with E-state index in [2.05, 4.69) is 10.6 Å². The molecule has 1 aliphatic rings. The summed E-state index contributed by atoms with van der Waals surface area (Å²) >= 11 is 0. The van der Waals surface area contributed by atoms with Crippen LogP contribution in [-0.4, -0.2) is 27.8 Å². The summed E-state index contributed by atoms with van der Waals surface area (Å²) in [4.78, 5) is 4.83. The number of benzene rings is 1. The van der Waals surface area contributed by atoms with Crippen molar-refractivity contribution in [1.29, 1.82) is 0 Å². The number of hydrogen-bond donors (Lipinski definition) is 2. The quantitative estimate of drug-likeness (QED) is 0.880. The largest absolute Gasteiger partial charge is 0.395 e. The lowest BCUT2D eigenvalue weighted by atomic mass is 9.85. The average Bonchev–Trinajstić information content (AvgIpc) is 3.05. The predicted molar refractivity (Wildman–Crippen MR) is 76.0 cm³/mol. The molecule has 4 heteroatoms. The Hall–Kier alpha value is -1.39. The molecule has 1 saturated carbocycles. The Morgan fingerprint density at radius 1 is 1.26 bits per heavy atom. The smallest absolute Gasteiger partial charge is 0.117 e. The Labute approximate surface area is 113 Å². The summed E-state index contributed by atoms with van der Waals surface area (Å²) in [6.07, 6.45) is 4.66. The molecule has 3 N–H and O–H groups in total. The number of nitrogens with two attached hydrogens (primary N) is 1. The molecule has 3 rings (SSSR count). The van der Waals surface area contributed by atoms with Gasteiger partial charge in [0.05, 0.1) is 17.6 Å². The van der Waals surface area contributed by atoms with Gasteiger partial charge in [-0.05, 0) is 25.0 Å². The van der Waals surface area contributed by atoms with Crippen LogP contribution in [0.3, 0.4) is 0 Å². The van der Waals surface area contributed by atoms with Crippen molar-refractivity contribution in [1.82, 2.24) is 9.55 Å². The predicted octanol–water partition coefficient (Wildman–Crippen LogP) is 1.80. The minimum Gasteiger partial charge on any atom is -0.395 e. The van der Waals surface area contributed by atoms with Gasteiger partial charge in [0.25, 0.3) is 0 Å². The van der Waals surface area contributed by atoms with Crippen molar-refractivity contribution in [2.45, 2.75) is 37.6 Å². The zero-order valence-electron chi connectivity index (χ0n) is 11.2. The standard InChI is InChI=1S/C15H21N3O/c16-11-15(7-3-4-8-15)14-17-12-5-1-2-6-13(12)18(14)9-10-19/h1-2,5-6,19H,3-4,7-11,16H2. The first-order chi connectivity index (χ1) is 9.30. The minimum absolute atomic E-state index is 0.00812. The molecule has 1 aliphatic carbocycles. The summed E-state index contributed by atoms with van der Waals surface area (Å²) in [5.41, 5.74) is 8.19. The third-order valence-electron chi connectivity index (χ3n) is 4.40. The molecule has 0 aliphatic heterocycles. The van der Waals surface area contributed by atoms with Crippen molar-refractivity contribution >= 4 is 11.0 Å². The molecule has 19 heavy (non-hydrogen) atoms. The van der Waals surface area contributed by atoms with Gasteiger partial charge in [-0.2, -0.15) is 0 Å². The summed E-state index contributed by atoms with van der Waals surface area (Å²) in [5.74, 6) is 1.07. The first kappa shape index (κ1) is 12.6. The molecule has 1 aromatic carbocycles. The Morgan fingerprint density at radius 3 is 2.68 bits per heavy atom. The van der Waals surface area contributed by atoms with Gasteiger partial charge in [0.15, 0.2) is 0 Å². The molecule has 0 radical (unpaired) electrons. The van der Waals surface area contributed by atoms with Gasteiger partial charge in [-0.3, -0.25) is 0 Å². The van der Waals surface area contributed by atoms with Crippen LogP contribution >= 0.6 is 0 Å². The Bertz CT molecular complexity index is 570. The molecular formula is C15H21N3O. The third kappa shape index (κ3) is 1.95. The van der Waals surface area contributed by atoms with Crippen LogP contribution in [0.25, 0.3) is 11.0 Å². The van der Waals surface area contributed by atoms with Crippen LogP contribution in [0, 0.1) is 0 Å². The fraction of sp³-hybridized carbons (Fsp3) is 0.533. The van der Waals surface area contributed by atoms with Crippen LogP contribution in [0.2, 0.25) is 0 Å². The zero-order valence-corrected chi connectivity index (χ0v) is 11.2. The van der Waals surface area contributed by atoms with Gasteiger partial charge in [-0.1, -0.05) is 25.0 Å². The van der Waals surface area contributed by atoms with Gasteiger partial charge in [0.2, 0.25) is 0 Å². The Morgan fingerprint density at radius 2 is 2.00 bits per heavy atom. The van der Waals surface area contributed by atoms with E-state index in [1.807, 2.05) is 18.2 Å². The molecule has 0 unspecified atom stereocenters. The van der Waals surface area contributed by atoms with E-state index >= 15 is 0 Å². The summed E-state index contributed by atoms with van der Waals surface area (Å²) in [7, 11) is 0. The van der Waals surface area contributed by atoms with E-state index in [4.69, 9.17) is 10.7 Å². The van der Waals surface area contributed by atoms with Crippen molar-refractivity contribution < 1.29 is 5.11 Å².